The van der Waals surface area contributed by atoms with Crippen LogP contribution in [0, 0.1) is 0 Å². The van der Waals surface area contributed by atoms with E-state index in [2.05, 4.69) is 12.2 Å². The zero-order valence-electron chi connectivity index (χ0n) is 11.4. The minimum Gasteiger partial charge on any atom is -0.347 e. The number of rotatable bonds is 5. The highest BCUT2D eigenvalue weighted by Gasteiger charge is 2.19. The van der Waals surface area contributed by atoms with E-state index in [0.717, 1.165) is 17.0 Å². The van der Waals surface area contributed by atoms with Crippen molar-refractivity contribution in [1.29, 1.82) is 0 Å². The van der Waals surface area contributed by atoms with Crippen molar-refractivity contribution in [3.8, 4) is 0 Å². The molecule has 1 aromatic rings. The normalized spacial score (nSPS) is 14.1. The summed E-state index contributed by atoms with van der Waals surface area (Å²) in [6.45, 7) is 3.99. The van der Waals surface area contributed by atoms with Gasteiger partial charge in [-0.25, -0.2) is 0 Å². The van der Waals surface area contributed by atoms with Gasteiger partial charge in [-0.1, -0.05) is 30.7 Å². The van der Waals surface area contributed by atoms with E-state index in [1.54, 1.807) is 19.0 Å². The number of benzene rings is 1. The Morgan fingerprint density at radius 2 is 1.89 bits per heavy atom. The highest BCUT2D eigenvalue weighted by atomic mass is 35.5. The molecular weight excluding hydrogens is 248 g/mol. The molecule has 0 saturated carbocycles. The van der Waals surface area contributed by atoms with Gasteiger partial charge in [0.25, 0.3) is 0 Å². The van der Waals surface area contributed by atoms with E-state index < -0.39 is 0 Å². The molecule has 2 unspecified atom stereocenters. The molecule has 1 N–H and O–H groups in total. The number of nitrogens with zero attached hydrogens (tertiary/aromatic N) is 1. The number of hydrogen-bond donors (Lipinski definition) is 1. The lowest BCUT2D eigenvalue weighted by Gasteiger charge is -2.24. The molecule has 3 nitrogen and oxygen atoms in total. The SMILES string of the molecule is CCC(NC(C)C(=O)N(C)C)c1ccc(Cl)cc1. The molecule has 0 bridgehead atoms. The Labute approximate surface area is 114 Å². The lowest BCUT2D eigenvalue weighted by Crippen LogP contribution is -2.42. The van der Waals surface area contributed by atoms with Crippen LogP contribution in [-0.2, 0) is 4.79 Å². The van der Waals surface area contributed by atoms with Gasteiger partial charge < -0.3 is 4.90 Å². The smallest absolute Gasteiger partial charge is 0.238 e. The number of amides is 1. The first-order valence-electron chi connectivity index (χ1n) is 6.18. The average Bonchev–Trinajstić information content (AvgIpc) is 2.35. The number of halogens is 1. The van der Waals surface area contributed by atoms with Crippen LogP contribution in [-0.4, -0.2) is 30.9 Å². The number of hydrogen-bond acceptors (Lipinski definition) is 2. The van der Waals surface area contributed by atoms with Crippen molar-refractivity contribution in [2.24, 2.45) is 0 Å². The van der Waals surface area contributed by atoms with Crippen LogP contribution in [0.4, 0.5) is 0 Å². The number of carbonyl (C=O) groups excluding carboxylic acids is 1. The standard InChI is InChI=1S/C14H21ClN2O/c1-5-13(11-6-8-12(15)9-7-11)16-10(2)14(18)17(3)4/h6-10,13,16H,5H2,1-4H3. The molecule has 1 aromatic carbocycles. The molecule has 18 heavy (non-hydrogen) atoms. The summed E-state index contributed by atoms with van der Waals surface area (Å²) in [6, 6.07) is 7.72. The molecule has 0 aliphatic rings. The van der Waals surface area contributed by atoms with Crippen molar-refractivity contribution in [3.63, 3.8) is 0 Å². The zero-order chi connectivity index (χ0) is 13.7. The Balaban J connectivity index is 2.73. The van der Waals surface area contributed by atoms with Gasteiger partial charge in [0.1, 0.15) is 0 Å². The van der Waals surface area contributed by atoms with Gasteiger partial charge in [-0.2, -0.15) is 0 Å². The van der Waals surface area contributed by atoms with Gasteiger partial charge in [0.05, 0.1) is 6.04 Å². The fourth-order valence-corrected chi connectivity index (χ4v) is 2.03. The van der Waals surface area contributed by atoms with Crippen LogP contribution in [0.15, 0.2) is 24.3 Å². The predicted octanol–water partition coefficient (Wildman–Crippen LogP) is 2.86. The van der Waals surface area contributed by atoms with Crippen molar-refractivity contribution >= 4 is 17.5 Å². The van der Waals surface area contributed by atoms with E-state index in [1.165, 1.54) is 0 Å². The molecule has 100 valence electrons. The third kappa shape index (κ3) is 4.00. The van der Waals surface area contributed by atoms with E-state index in [9.17, 15) is 4.79 Å². The number of likely N-dealkylation sites (N-methyl/N-ethyl adjacent to an activating group) is 1. The van der Waals surface area contributed by atoms with E-state index in [-0.39, 0.29) is 18.0 Å². The molecule has 0 aliphatic carbocycles. The monoisotopic (exact) mass is 268 g/mol. The Bertz CT molecular complexity index is 389. The molecule has 2 atom stereocenters. The summed E-state index contributed by atoms with van der Waals surface area (Å²) >= 11 is 5.88. The van der Waals surface area contributed by atoms with Crippen molar-refractivity contribution < 1.29 is 4.79 Å². The summed E-state index contributed by atoms with van der Waals surface area (Å²) in [6.07, 6.45) is 0.923. The Hall–Kier alpha value is -1.06. The van der Waals surface area contributed by atoms with E-state index in [4.69, 9.17) is 11.6 Å². The molecule has 0 radical (unpaired) electrons. The highest BCUT2D eigenvalue weighted by Crippen LogP contribution is 2.19. The first kappa shape index (κ1) is 15.0. The third-order valence-electron chi connectivity index (χ3n) is 2.94. The van der Waals surface area contributed by atoms with Crippen LogP contribution in [0.2, 0.25) is 5.02 Å². The van der Waals surface area contributed by atoms with E-state index in [0.29, 0.717) is 0 Å². The Kier molecular flexibility index (Phi) is 5.63. The van der Waals surface area contributed by atoms with E-state index in [1.807, 2.05) is 31.2 Å². The van der Waals surface area contributed by atoms with Gasteiger partial charge in [-0.3, -0.25) is 10.1 Å². The quantitative estimate of drug-likeness (QED) is 0.891. The minimum atomic E-state index is -0.194. The van der Waals surface area contributed by atoms with Gasteiger partial charge in [0.2, 0.25) is 5.91 Å². The number of nitrogens with one attached hydrogen (secondary N) is 1. The van der Waals surface area contributed by atoms with Crippen molar-refractivity contribution in [2.45, 2.75) is 32.4 Å². The van der Waals surface area contributed by atoms with Crippen LogP contribution < -0.4 is 5.32 Å². The maximum absolute atomic E-state index is 11.8. The predicted molar refractivity (Wildman–Crippen MR) is 75.8 cm³/mol. The Morgan fingerprint density at radius 1 is 1.33 bits per heavy atom. The van der Waals surface area contributed by atoms with Crippen LogP contribution in [0.1, 0.15) is 31.9 Å². The zero-order valence-corrected chi connectivity index (χ0v) is 12.2. The van der Waals surface area contributed by atoms with Gasteiger partial charge in [0.15, 0.2) is 0 Å². The van der Waals surface area contributed by atoms with Crippen molar-refractivity contribution in [2.75, 3.05) is 14.1 Å². The first-order valence-corrected chi connectivity index (χ1v) is 6.56. The van der Waals surface area contributed by atoms with Crippen molar-refractivity contribution in [3.05, 3.63) is 34.9 Å². The second-order valence-corrected chi connectivity index (χ2v) is 5.07. The van der Waals surface area contributed by atoms with E-state index >= 15 is 0 Å². The average molecular weight is 269 g/mol. The number of carbonyl (C=O) groups is 1. The molecule has 4 heteroatoms. The molecular formula is C14H21ClN2O. The van der Waals surface area contributed by atoms with Gasteiger partial charge in [-0.05, 0) is 31.0 Å². The maximum Gasteiger partial charge on any atom is 0.238 e. The summed E-state index contributed by atoms with van der Waals surface area (Å²) in [5, 5.41) is 4.08. The maximum atomic E-state index is 11.8. The second kappa shape index (κ2) is 6.76. The summed E-state index contributed by atoms with van der Waals surface area (Å²) in [5.74, 6) is 0.0856. The Morgan fingerprint density at radius 3 is 2.33 bits per heavy atom. The lowest BCUT2D eigenvalue weighted by atomic mass is 10.0. The third-order valence-corrected chi connectivity index (χ3v) is 3.19. The van der Waals surface area contributed by atoms with Crippen LogP contribution in [0.5, 0.6) is 0 Å². The molecule has 0 saturated heterocycles. The molecule has 0 aliphatic heterocycles. The van der Waals surface area contributed by atoms with Gasteiger partial charge in [0, 0.05) is 25.2 Å². The molecule has 0 heterocycles. The molecule has 1 rings (SSSR count). The lowest BCUT2D eigenvalue weighted by molar-refractivity contribution is -0.130. The topological polar surface area (TPSA) is 32.3 Å². The molecule has 0 fully saturated rings. The second-order valence-electron chi connectivity index (χ2n) is 4.63. The van der Waals surface area contributed by atoms with Gasteiger partial charge >= 0.3 is 0 Å². The summed E-state index contributed by atoms with van der Waals surface area (Å²) < 4.78 is 0. The van der Waals surface area contributed by atoms with Crippen molar-refractivity contribution in [1.82, 2.24) is 10.2 Å². The first-order chi connectivity index (χ1) is 8.45. The summed E-state index contributed by atoms with van der Waals surface area (Å²) in [7, 11) is 3.54. The molecule has 1 amide bonds. The van der Waals surface area contributed by atoms with Crippen LogP contribution >= 0.6 is 11.6 Å². The largest absolute Gasteiger partial charge is 0.347 e. The molecule has 0 aromatic heterocycles. The fourth-order valence-electron chi connectivity index (χ4n) is 1.91. The molecule has 0 spiro atoms. The fraction of sp³-hybridized carbons (Fsp3) is 0.500. The summed E-state index contributed by atoms with van der Waals surface area (Å²) in [5.41, 5.74) is 1.15. The summed E-state index contributed by atoms with van der Waals surface area (Å²) in [4.78, 5) is 13.4. The van der Waals surface area contributed by atoms with Crippen LogP contribution in [0.25, 0.3) is 0 Å². The van der Waals surface area contributed by atoms with Crippen LogP contribution in [0.3, 0.4) is 0 Å². The minimum absolute atomic E-state index is 0.0856. The van der Waals surface area contributed by atoms with Gasteiger partial charge in [-0.15, -0.1) is 0 Å². The highest BCUT2D eigenvalue weighted by molar-refractivity contribution is 6.30.